The first-order valence-corrected chi connectivity index (χ1v) is 5.53. The number of carboxylic acid groups (broad SMARTS) is 2. The molecule has 2 rings (SSSR count). The summed E-state index contributed by atoms with van der Waals surface area (Å²) in [4.78, 5) is 20.3. The van der Waals surface area contributed by atoms with Gasteiger partial charge in [0.15, 0.2) is 0 Å². The Morgan fingerprint density at radius 1 is 0.882 bits per heavy atom. The Morgan fingerprint density at radius 2 is 1.24 bits per heavy atom. The van der Waals surface area contributed by atoms with E-state index in [1.165, 1.54) is 0 Å². The summed E-state index contributed by atoms with van der Waals surface area (Å²) in [6.07, 6.45) is 3.57. The molecule has 0 unspecified atom stereocenters. The Morgan fingerprint density at radius 3 is 1.35 bits per heavy atom. The second kappa shape index (κ2) is 8.56. The monoisotopic (exact) mass is 294 g/mol. The molecule has 2 aliphatic rings. The van der Waals surface area contributed by atoms with Crippen molar-refractivity contribution in [2.45, 2.75) is 37.8 Å². The topological polar surface area (TPSA) is 98.7 Å². The zero-order chi connectivity index (χ0) is 12.0. The van der Waals surface area contributed by atoms with E-state index in [1.54, 1.807) is 0 Å². The van der Waals surface area contributed by atoms with E-state index in [0.29, 0.717) is 0 Å². The van der Waals surface area contributed by atoms with Gasteiger partial charge in [0.1, 0.15) is 12.1 Å². The fourth-order valence-corrected chi connectivity index (χ4v) is 1.79. The summed E-state index contributed by atoms with van der Waals surface area (Å²) in [7, 11) is 0. The Kier molecular flexibility index (Phi) is 8.30. The first kappa shape index (κ1) is 16.5. The van der Waals surface area contributed by atoms with Crippen molar-refractivity contribution < 1.29 is 39.3 Å². The van der Waals surface area contributed by atoms with Crippen LogP contribution in [0.2, 0.25) is 0 Å². The summed E-state index contributed by atoms with van der Waals surface area (Å²) in [5.74, 6) is -1.44. The summed E-state index contributed by atoms with van der Waals surface area (Å²) in [5.41, 5.74) is 0. The minimum absolute atomic E-state index is 0. The number of hydrogen-bond acceptors (Lipinski definition) is 4. The molecule has 0 amide bonds. The number of aliphatic carboxylic acids is 2. The van der Waals surface area contributed by atoms with Crippen LogP contribution in [0.25, 0.3) is 0 Å². The van der Waals surface area contributed by atoms with Gasteiger partial charge in [0.05, 0.1) is 0 Å². The smallest absolute Gasteiger partial charge is 0.320 e. The molecule has 2 heterocycles. The number of carbonyl (C=O) groups is 2. The third-order valence-electron chi connectivity index (χ3n) is 2.72. The van der Waals surface area contributed by atoms with Crippen LogP contribution < -0.4 is 10.6 Å². The fraction of sp³-hybridized carbons (Fsp3) is 0.800. The van der Waals surface area contributed by atoms with Gasteiger partial charge in [0.2, 0.25) is 0 Å². The van der Waals surface area contributed by atoms with Crippen molar-refractivity contribution in [1.29, 1.82) is 0 Å². The van der Waals surface area contributed by atoms with Crippen molar-refractivity contribution in [2.24, 2.45) is 0 Å². The largest absolute Gasteiger partial charge is 0.480 e. The van der Waals surface area contributed by atoms with Crippen LogP contribution in [0.3, 0.4) is 0 Å². The van der Waals surface area contributed by atoms with Crippen LogP contribution in [0.4, 0.5) is 0 Å². The Labute approximate surface area is 113 Å². The number of hydrogen-bond donors (Lipinski definition) is 4. The van der Waals surface area contributed by atoms with Crippen LogP contribution in [-0.4, -0.2) is 47.3 Å². The van der Waals surface area contributed by atoms with Crippen molar-refractivity contribution >= 4 is 11.9 Å². The first-order valence-electron chi connectivity index (χ1n) is 5.53. The molecule has 7 heteroatoms. The molecule has 2 saturated heterocycles. The van der Waals surface area contributed by atoms with Crippen LogP contribution in [-0.2, 0) is 29.1 Å². The number of rotatable bonds is 2. The zero-order valence-electron chi connectivity index (χ0n) is 9.82. The van der Waals surface area contributed by atoms with E-state index in [0.717, 1.165) is 38.8 Å². The molecule has 2 fully saturated rings. The van der Waals surface area contributed by atoms with Crippen molar-refractivity contribution in [3.05, 3.63) is 0 Å². The molecule has 0 spiro atoms. The quantitative estimate of drug-likeness (QED) is 0.520. The predicted octanol–water partition coefficient (Wildman–Crippen LogP) is -0.356. The van der Waals surface area contributed by atoms with E-state index in [-0.39, 0.29) is 31.6 Å². The maximum absolute atomic E-state index is 10.1. The molecule has 0 radical (unpaired) electrons. The molecule has 0 aromatic rings. The molecule has 17 heavy (non-hydrogen) atoms. The predicted molar refractivity (Wildman–Crippen MR) is 57.3 cm³/mol. The molecule has 94 valence electrons. The summed E-state index contributed by atoms with van der Waals surface area (Å²) >= 11 is 0. The van der Waals surface area contributed by atoms with Gasteiger partial charge in [-0.15, -0.1) is 0 Å². The van der Waals surface area contributed by atoms with E-state index in [2.05, 4.69) is 10.6 Å². The molecule has 2 aliphatic heterocycles. The number of carboxylic acids is 2. The van der Waals surface area contributed by atoms with Gasteiger partial charge >= 0.3 is 11.9 Å². The van der Waals surface area contributed by atoms with Crippen molar-refractivity contribution in [3.8, 4) is 0 Å². The molecular weight excluding hydrogens is 278 g/mol. The van der Waals surface area contributed by atoms with E-state index in [9.17, 15) is 9.59 Å². The molecular formula is C10H18N2O4Zn. The Balaban J connectivity index is 0.000000284. The molecule has 0 aromatic heterocycles. The minimum atomic E-state index is -0.720. The molecule has 0 aromatic carbocycles. The molecule has 0 bridgehead atoms. The maximum Gasteiger partial charge on any atom is 0.320 e. The van der Waals surface area contributed by atoms with Crippen LogP contribution in [0.15, 0.2) is 0 Å². The first-order chi connectivity index (χ1) is 7.61. The van der Waals surface area contributed by atoms with Crippen LogP contribution in [0.5, 0.6) is 0 Å². The van der Waals surface area contributed by atoms with Gasteiger partial charge in [-0.1, -0.05) is 0 Å². The fourth-order valence-electron chi connectivity index (χ4n) is 1.79. The normalized spacial score (nSPS) is 26.6. The average Bonchev–Trinajstić information content (AvgIpc) is 2.93. The van der Waals surface area contributed by atoms with Crippen molar-refractivity contribution in [3.63, 3.8) is 0 Å². The molecule has 0 aliphatic carbocycles. The van der Waals surface area contributed by atoms with Gasteiger partial charge in [-0.05, 0) is 38.8 Å². The third-order valence-corrected chi connectivity index (χ3v) is 2.72. The Bertz CT molecular complexity index is 225. The summed E-state index contributed by atoms with van der Waals surface area (Å²) < 4.78 is 0. The molecule has 6 nitrogen and oxygen atoms in total. The molecule has 2 atom stereocenters. The van der Waals surface area contributed by atoms with Gasteiger partial charge in [0.25, 0.3) is 0 Å². The van der Waals surface area contributed by atoms with Gasteiger partial charge in [-0.3, -0.25) is 9.59 Å². The van der Waals surface area contributed by atoms with E-state index in [1.807, 2.05) is 0 Å². The summed E-state index contributed by atoms with van der Waals surface area (Å²) in [5, 5.41) is 22.4. The standard InChI is InChI=1S/2C5H9NO2.Zn/c2*7-5(8)4-2-1-3-6-4;/h2*4,6H,1-3H2,(H,7,8);/t2*4-;/m00./s1. The van der Waals surface area contributed by atoms with E-state index in [4.69, 9.17) is 10.2 Å². The van der Waals surface area contributed by atoms with Gasteiger partial charge in [-0.25, -0.2) is 0 Å². The minimum Gasteiger partial charge on any atom is -0.480 e. The van der Waals surface area contributed by atoms with Crippen molar-refractivity contribution in [2.75, 3.05) is 13.1 Å². The van der Waals surface area contributed by atoms with E-state index < -0.39 is 11.9 Å². The molecule has 0 saturated carbocycles. The van der Waals surface area contributed by atoms with Gasteiger partial charge in [-0.2, -0.15) is 0 Å². The van der Waals surface area contributed by atoms with Gasteiger partial charge in [0, 0.05) is 19.5 Å². The summed E-state index contributed by atoms with van der Waals surface area (Å²) in [6.45, 7) is 1.72. The van der Waals surface area contributed by atoms with Gasteiger partial charge < -0.3 is 20.8 Å². The molecule has 4 N–H and O–H groups in total. The second-order valence-corrected chi connectivity index (χ2v) is 3.97. The number of nitrogens with one attached hydrogen (secondary N) is 2. The van der Waals surface area contributed by atoms with Crippen molar-refractivity contribution in [1.82, 2.24) is 10.6 Å². The average molecular weight is 296 g/mol. The zero-order valence-corrected chi connectivity index (χ0v) is 12.8. The summed E-state index contributed by atoms with van der Waals surface area (Å²) in [6, 6.07) is -0.537. The van der Waals surface area contributed by atoms with Crippen LogP contribution >= 0.6 is 0 Å². The van der Waals surface area contributed by atoms with Crippen LogP contribution in [0.1, 0.15) is 25.7 Å². The van der Waals surface area contributed by atoms with Crippen LogP contribution in [0, 0.1) is 0 Å². The maximum atomic E-state index is 10.1. The second-order valence-electron chi connectivity index (χ2n) is 3.97. The Hall–Kier alpha value is -0.517. The SMILES string of the molecule is O=C(O)[C@@H]1CCCN1.O=C(O)[C@@H]1CCCN1.[Zn]. The van der Waals surface area contributed by atoms with E-state index >= 15 is 0 Å². The third kappa shape index (κ3) is 6.10.